The first kappa shape index (κ1) is 26.6. The monoisotopic (exact) mass is 570 g/mol. The molecule has 0 aliphatic carbocycles. The van der Waals surface area contributed by atoms with Crippen molar-refractivity contribution in [3.05, 3.63) is 100 Å². The van der Waals surface area contributed by atoms with Crippen LogP contribution in [0.4, 0.5) is 15.2 Å². The Kier molecular flexibility index (Phi) is 7.21. The van der Waals surface area contributed by atoms with E-state index < -0.39 is 29.1 Å². The van der Waals surface area contributed by atoms with E-state index in [4.69, 9.17) is 0 Å². The second-order valence-corrected chi connectivity index (χ2v) is 10.8. The van der Waals surface area contributed by atoms with E-state index in [2.05, 4.69) is 44.3 Å². The van der Waals surface area contributed by atoms with Crippen LogP contribution in [0.2, 0.25) is 0 Å². The second kappa shape index (κ2) is 11.1. The van der Waals surface area contributed by atoms with Gasteiger partial charge in [-0.3, -0.25) is 19.5 Å². The van der Waals surface area contributed by atoms with Crippen LogP contribution in [0, 0.1) is 5.82 Å². The number of aromatic nitrogens is 3. The molecular weight excluding hydrogens is 543 g/mol. The highest BCUT2D eigenvalue weighted by atomic mass is 32.1. The molecule has 1 saturated heterocycles. The van der Waals surface area contributed by atoms with Crippen molar-refractivity contribution in [1.29, 1.82) is 0 Å². The van der Waals surface area contributed by atoms with Gasteiger partial charge in [0.2, 0.25) is 0 Å². The van der Waals surface area contributed by atoms with Crippen LogP contribution in [-0.4, -0.2) is 63.7 Å². The number of thiazole rings is 1. The number of carbonyl (C=O) groups is 1. The van der Waals surface area contributed by atoms with Gasteiger partial charge in [-0.25, -0.2) is 14.4 Å². The molecule has 41 heavy (non-hydrogen) atoms. The Morgan fingerprint density at radius 2 is 1.78 bits per heavy atom. The minimum Gasteiger partial charge on any atom is -0.507 e. The molecule has 0 bridgehead atoms. The number of aromatic hydroxyl groups is 1. The molecule has 208 valence electrons. The third-order valence-corrected chi connectivity index (χ3v) is 8.03. The summed E-state index contributed by atoms with van der Waals surface area (Å²) in [4.78, 5) is 40.4. The highest BCUT2D eigenvalue weighted by molar-refractivity contribution is 7.13. The molecule has 1 unspecified atom stereocenters. The lowest BCUT2D eigenvalue weighted by atomic mass is 10.0. The zero-order chi connectivity index (χ0) is 28.5. The molecule has 3 heterocycles. The van der Waals surface area contributed by atoms with Crippen molar-refractivity contribution in [3.63, 3.8) is 0 Å². The van der Waals surface area contributed by atoms with E-state index in [9.17, 15) is 14.7 Å². The number of piperazine rings is 1. The Bertz CT molecular complexity index is 1750. The van der Waals surface area contributed by atoms with Gasteiger partial charge in [-0.2, -0.15) is 0 Å². The third-order valence-electron chi connectivity index (χ3n) is 7.34. The number of rotatable bonds is 6. The largest absolute Gasteiger partial charge is 0.507 e. The molecule has 5 aromatic rings. The highest BCUT2D eigenvalue weighted by Crippen LogP contribution is 2.31. The number of phenolic OH excluding ortho intramolecular Hbond substituents is 1. The van der Waals surface area contributed by atoms with Crippen molar-refractivity contribution < 1.29 is 14.3 Å². The zero-order valence-electron chi connectivity index (χ0n) is 22.2. The molecular formula is C30H27FN6O3S. The molecule has 3 aromatic carbocycles. The van der Waals surface area contributed by atoms with Crippen LogP contribution in [0.15, 0.2) is 83.4 Å². The fourth-order valence-corrected chi connectivity index (χ4v) is 5.61. The summed E-state index contributed by atoms with van der Waals surface area (Å²) in [5.74, 6) is -2.02. The first-order chi connectivity index (χ1) is 19.9. The van der Waals surface area contributed by atoms with Gasteiger partial charge in [0.1, 0.15) is 17.6 Å². The molecule has 11 heteroatoms. The van der Waals surface area contributed by atoms with Crippen molar-refractivity contribution in [3.8, 4) is 16.9 Å². The van der Waals surface area contributed by atoms with E-state index >= 15 is 4.39 Å². The molecule has 1 aliphatic heterocycles. The second-order valence-electron chi connectivity index (χ2n) is 9.93. The van der Waals surface area contributed by atoms with Crippen LogP contribution in [0.25, 0.3) is 22.0 Å². The standard InChI is InChI=1S/C30H27FN6O3S/c1-35-12-14-36(15-13-35)21-8-5-19(6-9-21)20-7-10-24-22(17-20)29(40)37(18-33-24)27(26-23(31)3-2-4-25(26)38)28(39)34-30-32-11-16-41-30/h2-11,16-18,27,38H,12-15H2,1H3,(H,32,34,39). The van der Waals surface area contributed by atoms with Crippen molar-refractivity contribution in [2.75, 3.05) is 43.4 Å². The number of amides is 1. The number of likely N-dealkylation sites (N-methyl/N-ethyl adjacent to an activating group) is 1. The summed E-state index contributed by atoms with van der Waals surface area (Å²) < 4.78 is 16.1. The average Bonchev–Trinajstić information content (AvgIpc) is 3.49. The summed E-state index contributed by atoms with van der Waals surface area (Å²) in [5, 5.41) is 15.4. The van der Waals surface area contributed by atoms with E-state index in [0.29, 0.717) is 5.52 Å². The molecule has 0 spiro atoms. The Morgan fingerprint density at radius 3 is 2.49 bits per heavy atom. The number of nitrogens with zero attached hydrogens (tertiary/aromatic N) is 5. The quantitative estimate of drug-likeness (QED) is 0.313. The smallest absolute Gasteiger partial charge is 0.262 e. The zero-order valence-corrected chi connectivity index (χ0v) is 23.0. The molecule has 2 aromatic heterocycles. The molecule has 1 fully saturated rings. The van der Waals surface area contributed by atoms with Gasteiger partial charge in [0.05, 0.1) is 22.8 Å². The van der Waals surface area contributed by atoms with Gasteiger partial charge in [0, 0.05) is 43.4 Å². The SMILES string of the molecule is CN1CCN(c2ccc(-c3ccc4ncn(C(C(=O)Nc5nccs5)c5c(O)cccc5F)c(=O)c4c3)cc2)CC1. The number of hydrogen-bond acceptors (Lipinski definition) is 8. The normalized spacial score (nSPS) is 14.7. The summed E-state index contributed by atoms with van der Waals surface area (Å²) in [6.07, 6.45) is 2.71. The van der Waals surface area contributed by atoms with Crippen molar-refractivity contribution in [2.24, 2.45) is 0 Å². The predicted octanol–water partition coefficient (Wildman–Crippen LogP) is 4.34. The van der Waals surface area contributed by atoms with Crippen LogP contribution in [-0.2, 0) is 4.79 Å². The molecule has 6 rings (SSSR count). The maximum atomic E-state index is 15.0. The van der Waals surface area contributed by atoms with Crippen molar-refractivity contribution in [2.45, 2.75) is 6.04 Å². The lowest BCUT2D eigenvalue weighted by Crippen LogP contribution is -2.44. The van der Waals surface area contributed by atoms with Gasteiger partial charge in [-0.05, 0) is 54.6 Å². The van der Waals surface area contributed by atoms with Crippen molar-refractivity contribution >= 4 is 39.0 Å². The summed E-state index contributed by atoms with van der Waals surface area (Å²) in [5.41, 5.74) is 2.42. The van der Waals surface area contributed by atoms with Gasteiger partial charge in [-0.15, -0.1) is 11.3 Å². The number of nitrogens with one attached hydrogen (secondary N) is 1. The van der Waals surface area contributed by atoms with Gasteiger partial charge in [0.25, 0.3) is 11.5 Å². The number of fused-ring (bicyclic) bond motifs is 1. The van der Waals surface area contributed by atoms with Crippen LogP contribution >= 0.6 is 11.3 Å². The van der Waals surface area contributed by atoms with Crippen LogP contribution in [0.3, 0.4) is 0 Å². The lowest BCUT2D eigenvalue weighted by Gasteiger charge is -2.34. The highest BCUT2D eigenvalue weighted by Gasteiger charge is 2.30. The van der Waals surface area contributed by atoms with E-state index in [1.54, 1.807) is 17.5 Å². The first-order valence-electron chi connectivity index (χ1n) is 13.1. The minimum absolute atomic E-state index is 0.260. The molecule has 9 nitrogen and oxygen atoms in total. The minimum atomic E-state index is -1.53. The van der Waals surface area contributed by atoms with E-state index in [1.807, 2.05) is 18.2 Å². The number of phenols is 1. The van der Waals surface area contributed by atoms with E-state index in [1.165, 1.54) is 36.0 Å². The molecule has 1 aliphatic rings. The first-order valence-corrected chi connectivity index (χ1v) is 14.0. The summed E-state index contributed by atoms with van der Waals surface area (Å²) in [6.45, 7) is 3.95. The van der Waals surface area contributed by atoms with Gasteiger partial charge in [0.15, 0.2) is 5.13 Å². The van der Waals surface area contributed by atoms with Gasteiger partial charge >= 0.3 is 0 Å². The molecule has 0 radical (unpaired) electrons. The van der Waals surface area contributed by atoms with E-state index in [0.717, 1.165) is 53.6 Å². The Hall–Kier alpha value is -4.61. The topological polar surface area (TPSA) is 104 Å². The number of hydrogen-bond donors (Lipinski definition) is 2. The number of halogens is 1. The molecule has 1 atom stereocenters. The Balaban J connectivity index is 1.39. The Morgan fingerprint density at radius 1 is 1.02 bits per heavy atom. The summed E-state index contributed by atoms with van der Waals surface area (Å²) in [6, 6.07) is 15.7. The maximum Gasteiger partial charge on any atom is 0.262 e. The van der Waals surface area contributed by atoms with Crippen LogP contribution < -0.4 is 15.8 Å². The summed E-state index contributed by atoms with van der Waals surface area (Å²) in [7, 11) is 2.12. The summed E-state index contributed by atoms with van der Waals surface area (Å²) >= 11 is 1.18. The lowest BCUT2D eigenvalue weighted by molar-refractivity contribution is -0.118. The maximum absolute atomic E-state index is 15.0. The predicted molar refractivity (Wildman–Crippen MR) is 158 cm³/mol. The van der Waals surface area contributed by atoms with Crippen molar-refractivity contribution in [1.82, 2.24) is 19.4 Å². The molecule has 0 saturated carbocycles. The van der Waals surface area contributed by atoms with Gasteiger partial charge in [-0.1, -0.05) is 24.3 Å². The average molecular weight is 571 g/mol. The third kappa shape index (κ3) is 5.29. The Labute approximate surface area is 239 Å². The van der Waals surface area contributed by atoms with E-state index in [-0.39, 0.29) is 16.1 Å². The van der Waals surface area contributed by atoms with Crippen LogP contribution in [0.1, 0.15) is 11.6 Å². The fourth-order valence-electron chi connectivity index (χ4n) is 5.08. The molecule has 1 amide bonds. The fraction of sp³-hybridized carbons (Fsp3) is 0.200. The van der Waals surface area contributed by atoms with Crippen LogP contribution in [0.5, 0.6) is 5.75 Å². The van der Waals surface area contributed by atoms with Gasteiger partial charge < -0.3 is 14.9 Å². The number of carbonyl (C=O) groups excluding carboxylic acids is 1. The number of benzene rings is 3. The number of anilines is 2. The molecule has 2 N–H and O–H groups in total.